The van der Waals surface area contributed by atoms with Gasteiger partial charge in [-0.1, -0.05) is 158 Å². The zero-order chi connectivity index (χ0) is 41.4. The fourth-order valence-electron chi connectivity index (χ4n) is 9.62. The molecular formula is C57H35N5O. The van der Waals surface area contributed by atoms with Crippen LogP contribution in [0.4, 0.5) is 0 Å². The maximum Gasteiger partial charge on any atom is 0.164 e. The smallest absolute Gasteiger partial charge is 0.164 e. The van der Waals surface area contributed by atoms with Crippen molar-refractivity contribution in [2.45, 2.75) is 0 Å². The second-order valence-corrected chi connectivity index (χ2v) is 15.9. The van der Waals surface area contributed by atoms with Crippen LogP contribution in [0.15, 0.2) is 217 Å². The molecule has 4 heterocycles. The van der Waals surface area contributed by atoms with E-state index in [1.54, 1.807) is 0 Å². The molecule has 63 heavy (non-hydrogen) atoms. The van der Waals surface area contributed by atoms with Crippen LogP contribution in [0.5, 0.6) is 0 Å². The molecule has 0 saturated heterocycles. The highest BCUT2D eigenvalue weighted by molar-refractivity contribution is 6.20. The van der Waals surface area contributed by atoms with Crippen molar-refractivity contribution in [2.75, 3.05) is 0 Å². The van der Waals surface area contributed by atoms with Gasteiger partial charge in [0.25, 0.3) is 0 Å². The highest BCUT2D eigenvalue weighted by Gasteiger charge is 2.25. The Labute approximate surface area is 361 Å². The molecule has 0 bridgehead atoms. The van der Waals surface area contributed by atoms with Crippen LogP contribution >= 0.6 is 0 Å². The summed E-state index contributed by atoms with van der Waals surface area (Å²) in [6.45, 7) is 0. The van der Waals surface area contributed by atoms with Gasteiger partial charge in [-0.15, -0.1) is 0 Å². The van der Waals surface area contributed by atoms with Crippen molar-refractivity contribution in [2.24, 2.45) is 0 Å². The lowest BCUT2D eigenvalue weighted by molar-refractivity contribution is 0.666. The van der Waals surface area contributed by atoms with Gasteiger partial charge in [-0.3, -0.25) is 0 Å². The van der Waals surface area contributed by atoms with E-state index in [1.807, 2.05) is 48.5 Å². The molecule has 13 aromatic rings. The minimum absolute atomic E-state index is 0.601. The average Bonchev–Trinajstić information content (AvgIpc) is 4.02. The maximum absolute atomic E-state index is 6.68. The van der Waals surface area contributed by atoms with E-state index in [0.29, 0.717) is 17.5 Å². The number of nitrogens with zero attached hydrogens (tertiary/aromatic N) is 5. The van der Waals surface area contributed by atoms with Gasteiger partial charge in [0.1, 0.15) is 5.58 Å². The summed E-state index contributed by atoms with van der Waals surface area (Å²) in [6.07, 6.45) is 0. The maximum atomic E-state index is 6.68. The second kappa shape index (κ2) is 14.0. The van der Waals surface area contributed by atoms with Gasteiger partial charge in [0, 0.05) is 54.7 Å². The molecule has 0 aliphatic rings. The summed E-state index contributed by atoms with van der Waals surface area (Å²) in [6, 6.07) is 74.4. The Bertz CT molecular complexity index is 3850. The molecule has 6 heteroatoms. The van der Waals surface area contributed by atoms with E-state index in [0.717, 1.165) is 105 Å². The van der Waals surface area contributed by atoms with E-state index < -0.39 is 0 Å². The van der Waals surface area contributed by atoms with Crippen LogP contribution in [0.3, 0.4) is 0 Å². The third-order valence-electron chi connectivity index (χ3n) is 12.4. The average molecular weight is 806 g/mol. The summed E-state index contributed by atoms with van der Waals surface area (Å²) in [5.74, 6) is 1.83. The SMILES string of the molecule is c1ccc(-c2nc(-c3ccccc3)nc(-c3cc4c5ccccc5n(-c5ccccc5)c4cc3-c3cccc4c3c3ccccc3n4-c3cccc4c3oc3ccccc34)n2)cc1. The molecule has 0 unspecified atom stereocenters. The van der Waals surface area contributed by atoms with Gasteiger partial charge in [-0.05, 0) is 65.7 Å². The zero-order valence-electron chi connectivity index (χ0n) is 33.9. The van der Waals surface area contributed by atoms with E-state index in [1.165, 1.54) is 0 Å². The van der Waals surface area contributed by atoms with Crippen molar-refractivity contribution in [1.29, 1.82) is 0 Å². The molecule has 0 saturated carbocycles. The van der Waals surface area contributed by atoms with Crippen LogP contribution in [-0.2, 0) is 0 Å². The van der Waals surface area contributed by atoms with Crippen LogP contribution < -0.4 is 0 Å². The second-order valence-electron chi connectivity index (χ2n) is 15.9. The Kier molecular flexibility index (Phi) is 7.80. The minimum Gasteiger partial charge on any atom is -0.454 e. The lowest BCUT2D eigenvalue weighted by Crippen LogP contribution is -2.01. The first-order valence-electron chi connectivity index (χ1n) is 21.2. The van der Waals surface area contributed by atoms with Crippen molar-refractivity contribution >= 4 is 65.6 Å². The Hall–Kier alpha value is -8.61. The highest BCUT2D eigenvalue weighted by atomic mass is 16.3. The quantitative estimate of drug-likeness (QED) is 0.168. The van der Waals surface area contributed by atoms with Crippen LogP contribution in [0.2, 0.25) is 0 Å². The fraction of sp³-hybridized carbons (Fsp3) is 0. The van der Waals surface area contributed by atoms with Gasteiger partial charge < -0.3 is 13.6 Å². The number of para-hydroxylation sites is 5. The molecule has 0 aliphatic carbocycles. The Morgan fingerprint density at radius 3 is 1.62 bits per heavy atom. The Morgan fingerprint density at radius 1 is 0.333 bits per heavy atom. The number of hydrogen-bond donors (Lipinski definition) is 0. The third kappa shape index (κ3) is 5.48. The van der Waals surface area contributed by atoms with E-state index in [4.69, 9.17) is 19.4 Å². The largest absolute Gasteiger partial charge is 0.454 e. The van der Waals surface area contributed by atoms with Gasteiger partial charge in [0.05, 0.1) is 27.8 Å². The van der Waals surface area contributed by atoms with Crippen molar-refractivity contribution in [1.82, 2.24) is 24.1 Å². The van der Waals surface area contributed by atoms with Crippen molar-refractivity contribution in [3.05, 3.63) is 212 Å². The highest BCUT2D eigenvalue weighted by Crippen LogP contribution is 2.46. The summed E-state index contributed by atoms with van der Waals surface area (Å²) < 4.78 is 11.4. The normalized spacial score (nSPS) is 11.8. The Balaban J connectivity index is 1.17. The first-order chi connectivity index (χ1) is 31.3. The molecule has 4 aromatic heterocycles. The molecule has 0 N–H and O–H groups in total. The van der Waals surface area contributed by atoms with Crippen molar-refractivity contribution < 1.29 is 4.42 Å². The van der Waals surface area contributed by atoms with Crippen LogP contribution in [-0.4, -0.2) is 24.1 Å². The molecular weight excluding hydrogens is 771 g/mol. The zero-order valence-corrected chi connectivity index (χ0v) is 33.9. The lowest BCUT2D eigenvalue weighted by atomic mass is 9.93. The van der Waals surface area contributed by atoms with E-state index >= 15 is 0 Å². The molecule has 9 aromatic carbocycles. The lowest BCUT2D eigenvalue weighted by Gasteiger charge is -2.15. The first-order valence-corrected chi connectivity index (χ1v) is 21.2. The summed E-state index contributed by atoms with van der Waals surface area (Å²) in [5, 5.41) is 6.72. The molecule has 294 valence electrons. The van der Waals surface area contributed by atoms with Crippen LogP contribution in [0.1, 0.15) is 0 Å². The fourth-order valence-corrected chi connectivity index (χ4v) is 9.62. The number of rotatable bonds is 6. The van der Waals surface area contributed by atoms with Crippen molar-refractivity contribution in [3.63, 3.8) is 0 Å². The minimum atomic E-state index is 0.601. The predicted octanol–water partition coefficient (Wildman–Crippen LogP) is 14.6. The van der Waals surface area contributed by atoms with Gasteiger partial charge in [0.15, 0.2) is 23.1 Å². The summed E-state index contributed by atoms with van der Waals surface area (Å²) in [5.41, 5.74) is 13.0. The number of benzene rings is 9. The summed E-state index contributed by atoms with van der Waals surface area (Å²) >= 11 is 0. The van der Waals surface area contributed by atoms with Crippen molar-refractivity contribution in [3.8, 4) is 56.7 Å². The molecule has 0 fully saturated rings. The number of aromatic nitrogens is 5. The standard InChI is InChI=1S/C57H35N5O/c1-4-18-36(19-5-1)55-58-56(37-20-6-2-7-21-37)60-57(59-55)46-34-45-39-24-10-13-29-47(39)61(38-22-8-3-9-23-38)51(45)35-44(46)41-27-16-31-49-53(41)43-26-11-14-30-48(43)62(49)50-32-17-28-42-40-25-12-15-33-52(40)63-54(42)50/h1-35H. The van der Waals surface area contributed by atoms with E-state index in [9.17, 15) is 0 Å². The van der Waals surface area contributed by atoms with E-state index in [-0.39, 0.29) is 0 Å². The molecule has 0 radical (unpaired) electrons. The van der Waals surface area contributed by atoms with Gasteiger partial charge in [0.2, 0.25) is 0 Å². The Morgan fingerprint density at radius 2 is 0.889 bits per heavy atom. The monoisotopic (exact) mass is 805 g/mol. The number of fused-ring (bicyclic) bond motifs is 9. The van der Waals surface area contributed by atoms with Gasteiger partial charge >= 0.3 is 0 Å². The molecule has 6 nitrogen and oxygen atoms in total. The van der Waals surface area contributed by atoms with Crippen LogP contribution in [0.25, 0.3) is 122 Å². The molecule has 0 aliphatic heterocycles. The topological polar surface area (TPSA) is 61.7 Å². The predicted molar refractivity (Wildman–Crippen MR) is 258 cm³/mol. The first kappa shape index (κ1) is 35.2. The molecule has 0 spiro atoms. The van der Waals surface area contributed by atoms with Crippen LogP contribution in [0, 0.1) is 0 Å². The molecule has 13 rings (SSSR count). The third-order valence-corrected chi connectivity index (χ3v) is 12.4. The number of furan rings is 1. The van der Waals surface area contributed by atoms with E-state index in [2.05, 4.69) is 173 Å². The summed E-state index contributed by atoms with van der Waals surface area (Å²) in [7, 11) is 0. The molecule has 0 amide bonds. The summed E-state index contributed by atoms with van der Waals surface area (Å²) in [4.78, 5) is 15.8. The number of hydrogen-bond acceptors (Lipinski definition) is 4. The van der Waals surface area contributed by atoms with Gasteiger partial charge in [-0.2, -0.15) is 0 Å². The molecule has 0 atom stereocenters. The van der Waals surface area contributed by atoms with Gasteiger partial charge in [-0.25, -0.2) is 15.0 Å².